The standard InChI is InChI=1S/C28H25ClN2O6/c1-4-37-21-11-12-23(29)22(15-21)26(33)24-25(17-7-5-10-20(13-17)36-3)31(28(35)27(24)34)19-9-6-8-18(14-19)30-16(2)32/h5-15,25,33H,4H2,1-3H3,(H,30,32)/b26-24+. The number of nitrogens with zero attached hydrogens (tertiary/aromatic N) is 1. The Labute approximate surface area is 219 Å². The molecule has 0 aliphatic carbocycles. The first kappa shape index (κ1) is 25.8. The van der Waals surface area contributed by atoms with Gasteiger partial charge in [0.15, 0.2) is 0 Å². The third-order valence-electron chi connectivity index (χ3n) is 5.80. The highest BCUT2D eigenvalue weighted by molar-refractivity contribution is 6.52. The number of ketones is 1. The molecule has 190 valence electrons. The maximum Gasteiger partial charge on any atom is 0.300 e. The van der Waals surface area contributed by atoms with Gasteiger partial charge in [-0.05, 0) is 61.0 Å². The van der Waals surface area contributed by atoms with Gasteiger partial charge >= 0.3 is 0 Å². The fourth-order valence-electron chi connectivity index (χ4n) is 4.25. The van der Waals surface area contributed by atoms with Crippen LogP contribution in [0.15, 0.2) is 72.3 Å². The summed E-state index contributed by atoms with van der Waals surface area (Å²) < 4.78 is 10.9. The fraction of sp³-hybridized carbons (Fsp3) is 0.179. The summed E-state index contributed by atoms with van der Waals surface area (Å²) in [7, 11) is 1.51. The number of nitrogens with one attached hydrogen (secondary N) is 1. The van der Waals surface area contributed by atoms with Crippen LogP contribution in [0, 0.1) is 0 Å². The lowest BCUT2D eigenvalue weighted by molar-refractivity contribution is -0.132. The van der Waals surface area contributed by atoms with Crippen LogP contribution < -0.4 is 19.7 Å². The quantitative estimate of drug-likeness (QED) is 0.248. The SMILES string of the molecule is CCOc1ccc(Cl)c(/C(O)=C2\C(=O)C(=O)N(c3cccc(NC(C)=O)c3)C2c2cccc(OC)c2)c1. The van der Waals surface area contributed by atoms with E-state index < -0.39 is 23.5 Å². The largest absolute Gasteiger partial charge is 0.507 e. The van der Waals surface area contributed by atoms with Crippen LogP contribution in [0.5, 0.6) is 11.5 Å². The maximum atomic E-state index is 13.4. The van der Waals surface area contributed by atoms with Crippen molar-refractivity contribution in [2.24, 2.45) is 0 Å². The second-order valence-electron chi connectivity index (χ2n) is 8.25. The molecular formula is C28H25ClN2O6. The molecule has 0 radical (unpaired) electrons. The third-order valence-corrected chi connectivity index (χ3v) is 6.13. The summed E-state index contributed by atoms with van der Waals surface area (Å²) in [6.07, 6.45) is 0. The number of aliphatic hydroxyl groups excluding tert-OH is 1. The summed E-state index contributed by atoms with van der Waals surface area (Å²) >= 11 is 6.40. The van der Waals surface area contributed by atoms with Crippen LogP contribution in [0.2, 0.25) is 5.02 Å². The minimum atomic E-state index is -1.01. The number of anilines is 2. The molecule has 0 spiro atoms. The predicted molar refractivity (Wildman–Crippen MR) is 141 cm³/mol. The second-order valence-corrected chi connectivity index (χ2v) is 8.66. The highest BCUT2D eigenvalue weighted by Crippen LogP contribution is 2.44. The third kappa shape index (κ3) is 5.15. The van der Waals surface area contributed by atoms with E-state index in [1.165, 1.54) is 25.0 Å². The summed E-state index contributed by atoms with van der Waals surface area (Å²) in [4.78, 5) is 39.8. The molecule has 0 bridgehead atoms. The Balaban J connectivity index is 1.95. The van der Waals surface area contributed by atoms with E-state index >= 15 is 0 Å². The molecular weight excluding hydrogens is 496 g/mol. The summed E-state index contributed by atoms with van der Waals surface area (Å²) in [6.45, 7) is 3.58. The Kier molecular flexibility index (Phi) is 7.50. The van der Waals surface area contributed by atoms with E-state index in [-0.39, 0.29) is 22.1 Å². The van der Waals surface area contributed by atoms with E-state index in [2.05, 4.69) is 5.32 Å². The maximum absolute atomic E-state index is 13.4. The Morgan fingerprint density at radius 1 is 1.05 bits per heavy atom. The minimum absolute atomic E-state index is 0.140. The molecule has 3 aromatic carbocycles. The first-order valence-corrected chi connectivity index (χ1v) is 11.9. The van der Waals surface area contributed by atoms with Crippen molar-refractivity contribution in [3.05, 3.63) is 88.5 Å². The second kappa shape index (κ2) is 10.8. The van der Waals surface area contributed by atoms with Crippen molar-refractivity contribution in [3.63, 3.8) is 0 Å². The lowest BCUT2D eigenvalue weighted by atomic mass is 9.94. The molecule has 3 aromatic rings. The molecule has 0 aromatic heterocycles. The summed E-state index contributed by atoms with van der Waals surface area (Å²) in [6, 6.07) is 17.1. The van der Waals surface area contributed by atoms with Crippen LogP contribution in [0.1, 0.15) is 31.0 Å². The van der Waals surface area contributed by atoms with Gasteiger partial charge in [0.1, 0.15) is 17.3 Å². The zero-order valence-electron chi connectivity index (χ0n) is 20.4. The summed E-state index contributed by atoms with van der Waals surface area (Å²) in [5, 5.41) is 14.3. The number of Topliss-reactive ketones (excluding diaryl/α,β-unsaturated/α-hetero) is 1. The highest BCUT2D eigenvalue weighted by Gasteiger charge is 2.47. The van der Waals surface area contributed by atoms with E-state index in [0.717, 1.165) is 0 Å². The Bertz CT molecular complexity index is 1420. The lowest BCUT2D eigenvalue weighted by Gasteiger charge is -2.26. The van der Waals surface area contributed by atoms with Gasteiger partial charge < -0.3 is 19.9 Å². The average molecular weight is 521 g/mol. The molecule has 1 unspecified atom stereocenters. The molecule has 2 amide bonds. The van der Waals surface area contributed by atoms with Gasteiger partial charge in [-0.15, -0.1) is 0 Å². The van der Waals surface area contributed by atoms with E-state index in [4.69, 9.17) is 21.1 Å². The van der Waals surface area contributed by atoms with E-state index in [1.54, 1.807) is 60.7 Å². The smallest absolute Gasteiger partial charge is 0.300 e. The molecule has 9 heteroatoms. The predicted octanol–water partition coefficient (Wildman–Crippen LogP) is 5.33. The van der Waals surface area contributed by atoms with Crippen LogP contribution in [-0.2, 0) is 14.4 Å². The molecule has 1 heterocycles. The van der Waals surface area contributed by atoms with Crippen molar-refractivity contribution >= 4 is 46.3 Å². The number of methoxy groups -OCH3 is 1. The summed E-state index contributed by atoms with van der Waals surface area (Å²) in [5.41, 5.74) is 1.35. The van der Waals surface area contributed by atoms with Crippen LogP contribution in [-0.4, -0.2) is 36.4 Å². The monoisotopic (exact) mass is 520 g/mol. The summed E-state index contributed by atoms with van der Waals surface area (Å²) in [5.74, 6) is -1.49. The van der Waals surface area contributed by atoms with Gasteiger partial charge in [-0.3, -0.25) is 19.3 Å². The lowest BCUT2D eigenvalue weighted by Crippen LogP contribution is -2.29. The number of aliphatic hydroxyl groups is 1. The van der Waals surface area contributed by atoms with Crippen molar-refractivity contribution in [2.75, 3.05) is 23.9 Å². The zero-order valence-corrected chi connectivity index (χ0v) is 21.2. The van der Waals surface area contributed by atoms with Gasteiger partial charge in [0.05, 0.1) is 30.4 Å². The van der Waals surface area contributed by atoms with Gasteiger partial charge in [0, 0.05) is 23.9 Å². The van der Waals surface area contributed by atoms with Gasteiger partial charge in [0.2, 0.25) is 5.91 Å². The molecule has 2 N–H and O–H groups in total. The minimum Gasteiger partial charge on any atom is -0.507 e. The average Bonchev–Trinajstić information content (AvgIpc) is 3.15. The number of carbonyl (C=O) groups excluding carboxylic acids is 3. The number of hydrogen-bond donors (Lipinski definition) is 2. The van der Waals surface area contributed by atoms with Gasteiger partial charge in [-0.2, -0.15) is 0 Å². The van der Waals surface area contributed by atoms with Crippen molar-refractivity contribution in [1.29, 1.82) is 0 Å². The van der Waals surface area contributed by atoms with Crippen LogP contribution in [0.3, 0.4) is 0 Å². The van der Waals surface area contributed by atoms with Crippen molar-refractivity contribution in [2.45, 2.75) is 19.9 Å². The first-order chi connectivity index (χ1) is 17.7. The number of ether oxygens (including phenoxy) is 2. The van der Waals surface area contributed by atoms with Crippen LogP contribution in [0.25, 0.3) is 5.76 Å². The Morgan fingerprint density at radius 2 is 1.81 bits per heavy atom. The molecule has 1 aliphatic rings. The number of benzene rings is 3. The molecule has 37 heavy (non-hydrogen) atoms. The molecule has 1 saturated heterocycles. The van der Waals surface area contributed by atoms with Crippen molar-refractivity contribution in [1.82, 2.24) is 0 Å². The zero-order chi connectivity index (χ0) is 26.7. The van der Waals surface area contributed by atoms with Crippen molar-refractivity contribution in [3.8, 4) is 11.5 Å². The van der Waals surface area contributed by atoms with E-state index in [0.29, 0.717) is 35.0 Å². The molecule has 8 nitrogen and oxygen atoms in total. The van der Waals surface area contributed by atoms with Crippen LogP contribution >= 0.6 is 11.6 Å². The van der Waals surface area contributed by atoms with Gasteiger partial charge in [0.25, 0.3) is 11.7 Å². The van der Waals surface area contributed by atoms with Gasteiger partial charge in [-0.25, -0.2) is 0 Å². The molecule has 1 atom stereocenters. The fourth-order valence-corrected chi connectivity index (χ4v) is 4.46. The number of amides is 2. The molecule has 1 fully saturated rings. The van der Waals surface area contributed by atoms with Crippen molar-refractivity contribution < 1.29 is 29.0 Å². The molecule has 1 aliphatic heterocycles. The number of hydrogen-bond acceptors (Lipinski definition) is 6. The highest BCUT2D eigenvalue weighted by atomic mass is 35.5. The number of halogens is 1. The number of rotatable bonds is 7. The Morgan fingerprint density at radius 3 is 2.51 bits per heavy atom. The van der Waals surface area contributed by atoms with Crippen LogP contribution in [0.4, 0.5) is 11.4 Å². The van der Waals surface area contributed by atoms with E-state index in [9.17, 15) is 19.5 Å². The van der Waals surface area contributed by atoms with Gasteiger partial charge in [-0.1, -0.05) is 29.8 Å². The van der Waals surface area contributed by atoms with E-state index in [1.807, 2.05) is 6.92 Å². The Hall–Kier alpha value is -4.30. The topological polar surface area (TPSA) is 105 Å². The molecule has 4 rings (SSSR count). The number of carbonyl (C=O) groups is 3. The normalized spacial score (nSPS) is 16.5. The molecule has 0 saturated carbocycles. The first-order valence-electron chi connectivity index (χ1n) is 11.5.